The molecule has 0 saturated carbocycles. The largest absolute Gasteiger partial charge is 0.460 e. The minimum Gasteiger partial charge on any atom is -0.460 e. The second-order valence-electron chi connectivity index (χ2n) is 4.35. The Morgan fingerprint density at radius 1 is 1.56 bits per heavy atom. The molecule has 1 aromatic rings. The van der Waals surface area contributed by atoms with Gasteiger partial charge in [0.1, 0.15) is 5.60 Å². The highest BCUT2D eigenvalue weighted by Crippen LogP contribution is 2.20. The predicted octanol–water partition coefficient (Wildman–Crippen LogP) is 3.38. The Bertz CT molecular complexity index is 401. The van der Waals surface area contributed by atoms with Gasteiger partial charge in [-0.3, -0.25) is 9.78 Å². The first-order chi connectivity index (χ1) is 7.28. The Balaban J connectivity index is 2.70. The minimum atomic E-state index is -0.476. The lowest BCUT2D eigenvalue weighted by Gasteiger charge is -2.19. The van der Waals surface area contributed by atoms with Crippen molar-refractivity contribution in [2.45, 2.75) is 32.8 Å². The number of esters is 1. The lowest BCUT2D eigenvalue weighted by atomic mass is 10.2. The van der Waals surface area contributed by atoms with Gasteiger partial charge in [0, 0.05) is 10.7 Å². The van der Waals surface area contributed by atoms with Gasteiger partial charge in [-0.05, 0) is 42.8 Å². The van der Waals surface area contributed by atoms with E-state index in [2.05, 4.69) is 20.9 Å². The van der Waals surface area contributed by atoms with Crippen molar-refractivity contribution < 1.29 is 9.53 Å². The van der Waals surface area contributed by atoms with Crippen LogP contribution in [0.5, 0.6) is 0 Å². The number of halogens is 2. The molecule has 0 aliphatic rings. The summed E-state index contributed by atoms with van der Waals surface area (Å²) in [6, 6.07) is 1.70. The fraction of sp³-hybridized carbons (Fsp3) is 0.455. The van der Waals surface area contributed by atoms with Crippen molar-refractivity contribution in [2.24, 2.45) is 0 Å². The Hall–Kier alpha value is -0.610. The van der Waals surface area contributed by atoms with E-state index in [1.54, 1.807) is 6.07 Å². The number of rotatable bonds is 2. The van der Waals surface area contributed by atoms with Crippen molar-refractivity contribution >= 4 is 33.5 Å². The summed E-state index contributed by atoms with van der Waals surface area (Å²) in [5, 5.41) is 0.528. The van der Waals surface area contributed by atoms with Crippen LogP contribution in [0.2, 0.25) is 5.02 Å². The van der Waals surface area contributed by atoms with Crippen molar-refractivity contribution in [1.29, 1.82) is 0 Å². The molecule has 1 aromatic heterocycles. The first-order valence-electron chi connectivity index (χ1n) is 4.80. The fourth-order valence-corrected chi connectivity index (χ4v) is 1.87. The quantitative estimate of drug-likeness (QED) is 0.786. The second kappa shape index (κ2) is 5.15. The van der Waals surface area contributed by atoms with Crippen molar-refractivity contribution in [1.82, 2.24) is 4.98 Å². The Labute approximate surface area is 108 Å². The van der Waals surface area contributed by atoms with E-state index in [1.807, 2.05) is 20.8 Å². The molecular weight excluding hydrogens is 293 g/mol. The van der Waals surface area contributed by atoms with Gasteiger partial charge in [-0.1, -0.05) is 11.6 Å². The molecule has 0 amide bonds. The third-order valence-corrected chi connectivity index (χ3v) is 2.51. The molecule has 0 radical (unpaired) electrons. The zero-order chi connectivity index (χ0) is 12.3. The van der Waals surface area contributed by atoms with E-state index in [4.69, 9.17) is 16.3 Å². The maximum atomic E-state index is 11.5. The first kappa shape index (κ1) is 13.5. The number of carbonyl (C=O) groups is 1. The Kier molecular flexibility index (Phi) is 4.33. The van der Waals surface area contributed by atoms with Gasteiger partial charge in [-0.25, -0.2) is 0 Å². The van der Waals surface area contributed by atoms with Crippen molar-refractivity contribution in [3.63, 3.8) is 0 Å². The number of pyridine rings is 1. The molecule has 0 unspecified atom stereocenters. The molecule has 0 N–H and O–H groups in total. The third-order valence-electron chi connectivity index (χ3n) is 1.62. The van der Waals surface area contributed by atoms with E-state index in [0.29, 0.717) is 15.2 Å². The highest BCUT2D eigenvalue weighted by molar-refractivity contribution is 9.10. The molecule has 1 rings (SSSR count). The van der Waals surface area contributed by atoms with Gasteiger partial charge in [-0.2, -0.15) is 0 Å². The van der Waals surface area contributed by atoms with E-state index in [1.165, 1.54) is 6.20 Å². The monoisotopic (exact) mass is 305 g/mol. The van der Waals surface area contributed by atoms with Crippen LogP contribution < -0.4 is 0 Å². The summed E-state index contributed by atoms with van der Waals surface area (Å²) >= 11 is 9.05. The smallest absolute Gasteiger partial charge is 0.312 e. The van der Waals surface area contributed by atoms with Crippen LogP contribution in [0, 0.1) is 0 Å². The molecule has 1 heterocycles. The van der Waals surface area contributed by atoms with Crippen molar-refractivity contribution in [2.75, 3.05) is 0 Å². The summed E-state index contributed by atoms with van der Waals surface area (Å²) in [5.74, 6) is -0.303. The molecule has 0 saturated heterocycles. The highest BCUT2D eigenvalue weighted by Gasteiger charge is 2.18. The molecule has 3 nitrogen and oxygen atoms in total. The molecule has 5 heteroatoms. The number of carbonyl (C=O) groups excluding carboxylic acids is 1. The molecule has 0 aliphatic heterocycles. The average molecular weight is 307 g/mol. The molecule has 0 fully saturated rings. The van der Waals surface area contributed by atoms with E-state index < -0.39 is 5.60 Å². The van der Waals surface area contributed by atoms with Crippen LogP contribution in [0.4, 0.5) is 0 Å². The van der Waals surface area contributed by atoms with Crippen LogP contribution >= 0.6 is 27.5 Å². The predicted molar refractivity (Wildman–Crippen MR) is 66.5 cm³/mol. The molecule has 0 aromatic carbocycles. The standard InChI is InChI=1S/C11H13BrClNO2/c1-11(2,3)16-10(15)5-9-8(12)4-7(13)6-14-9/h4,6H,5H2,1-3H3. The van der Waals surface area contributed by atoms with Gasteiger partial charge in [-0.15, -0.1) is 0 Å². The van der Waals surface area contributed by atoms with Crippen LogP contribution in [0.15, 0.2) is 16.7 Å². The lowest BCUT2D eigenvalue weighted by Crippen LogP contribution is -2.25. The summed E-state index contributed by atoms with van der Waals surface area (Å²) in [6.45, 7) is 5.49. The molecule has 0 spiro atoms. The minimum absolute atomic E-state index is 0.134. The normalized spacial score (nSPS) is 11.3. The number of hydrogen-bond donors (Lipinski definition) is 0. The summed E-state index contributed by atoms with van der Waals surface area (Å²) < 4.78 is 5.91. The molecule has 0 aliphatic carbocycles. The van der Waals surface area contributed by atoms with E-state index in [-0.39, 0.29) is 12.4 Å². The molecular formula is C11H13BrClNO2. The Morgan fingerprint density at radius 3 is 2.69 bits per heavy atom. The van der Waals surface area contributed by atoms with E-state index >= 15 is 0 Å². The summed E-state index contributed by atoms with van der Waals surface area (Å²) in [7, 11) is 0. The van der Waals surface area contributed by atoms with Crippen molar-refractivity contribution in [3.05, 3.63) is 27.5 Å². The zero-order valence-corrected chi connectivity index (χ0v) is 11.7. The van der Waals surface area contributed by atoms with Gasteiger partial charge in [0.2, 0.25) is 0 Å². The molecule has 88 valence electrons. The van der Waals surface area contributed by atoms with Gasteiger partial charge in [0.05, 0.1) is 17.1 Å². The number of hydrogen-bond acceptors (Lipinski definition) is 3. The fourth-order valence-electron chi connectivity index (χ4n) is 1.09. The lowest BCUT2D eigenvalue weighted by molar-refractivity contribution is -0.154. The first-order valence-corrected chi connectivity index (χ1v) is 5.97. The molecule has 0 atom stereocenters. The van der Waals surface area contributed by atoms with Crippen molar-refractivity contribution in [3.8, 4) is 0 Å². The second-order valence-corrected chi connectivity index (χ2v) is 5.64. The number of aromatic nitrogens is 1. The number of nitrogens with zero attached hydrogens (tertiary/aromatic N) is 1. The third kappa shape index (κ3) is 4.49. The van der Waals surface area contributed by atoms with Gasteiger partial charge in [0.15, 0.2) is 0 Å². The van der Waals surface area contributed by atoms with Gasteiger partial charge in [0.25, 0.3) is 0 Å². The van der Waals surface area contributed by atoms with Crippen LogP contribution in [0.3, 0.4) is 0 Å². The number of ether oxygens (including phenoxy) is 1. The maximum Gasteiger partial charge on any atom is 0.312 e. The molecule has 0 bridgehead atoms. The summed E-state index contributed by atoms with van der Waals surface area (Å²) in [4.78, 5) is 15.6. The van der Waals surface area contributed by atoms with Crippen LogP contribution in [-0.2, 0) is 16.0 Å². The zero-order valence-electron chi connectivity index (χ0n) is 9.38. The topological polar surface area (TPSA) is 39.2 Å². The van der Waals surface area contributed by atoms with Gasteiger partial charge >= 0.3 is 5.97 Å². The Morgan fingerprint density at radius 2 is 2.19 bits per heavy atom. The molecule has 16 heavy (non-hydrogen) atoms. The SMILES string of the molecule is CC(C)(C)OC(=O)Cc1ncc(Cl)cc1Br. The maximum absolute atomic E-state index is 11.5. The average Bonchev–Trinajstić information content (AvgIpc) is 2.06. The van der Waals surface area contributed by atoms with Gasteiger partial charge < -0.3 is 4.74 Å². The van der Waals surface area contributed by atoms with Crippen LogP contribution in [0.1, 0.15) is 26.5 Å². The van der Waals surface area contributed by atoms with Crippen LogP contribution in [-0.4, -0.2) is 16.6 Å². The summed E-state index contributed by atoms with van der Waals surface area (Å²) in [6.07, 6.45) is 1.64. The van der Waals surface area contributed by atoms with E-state index in [0.717, 1.165) is 0 Å². The highest BCUT2D eigenvalue weighted by atomic mass is 79.9. The van der Waals surface area contributed by atoms with Crippen LogP contribution in [0.25, 0.3) is 0 Å². The van der Waals surface area contributed by atoms with E-state index in [9.17, 15) is 4.79 Å². The summed E-state index contributed by atoms with van der Waals surface area (Å²) in [5.41, 5.74) is 0.148.